The van der Waals surface area contributed by atoms with E-state index >= 15 is 0 Å². The summed E-state index contributed by atoms with van der Waals surface area (Å²) in [6.45, 7) is 0.928. The van der Waals surface area contributed by atoms with Gasteiger partial charge in [0.1, 0.15) is 11.5 Å². The molecule has 0 bridgehead atoms. The average molecular weight is 321 g/mol. The Hall–Kier alpha value is -2.38. The average Bonchev–Trinajstić information content (AvgIpc) is 2.59. The monoisotopic (exact) mass is 321 g/mol. The van der Waals surface area contributed by atoms with Crippen LogP contribution in [0.3, 0.4) is 0 Å². The summed E-state index contributed by atoms with van der Waals surface area (Å²) in [6.07, 6.45) is 0. The van der Waals surface area contributed by atoms with Gasteiger partial charge in [-0.05, 0) is 12.1 Å². The van der Waals surface area contributed by atoms with Gasteiger partial charge in [-0.2, -0.15) is 0 Å². The quantitative estimate of drug-likeness (QED) is 0.418. The summed E-state index contributed by atoms with van der Waals surface area (Å²) in [5.74, 6) is 0.574. The largest absolute Gasteiger partial charge is 0.497 e. The highest BCUT2D eigenvalue weighted by Gasteiger charge is 2.14. The van der Waals surface area contributed by atoms with E-state index in [0.717, 1.165) is 5.39 Å². The van der Waals surface area contributed by atoms with E-state index in [0.29, 0.717) is 30.2 Å². The molecule has 7 nitrogen and oxygen atoms in total. The van der Waals surface area contributed by atoms with Crippen LogP contribution in [-0.2, 0) is 14.2 Å². The van der Waals surface area contributed by atoms with Gasteiger partial charge in [0.15, 0.2) is 12.5 Å². The molecule has 23 heavy (non-hydrogen) atoms. The van der Waals surface area contributed by atoms with E-state index in [2.05, 4.69) is 4.98 Å². The van der Waals surface area contributed by atoms with Crippen molar-refractivity contribution in [3.8, 4) is 11.5 Å². The minimum absolute atomic E-state index is 0.0368. The number of benzene rings is 1. The van der Waals surface area contributed by atoms with Gasteiger partial charge in [-0.1, -0.05) is 0 Å². The molecule has 1 aromatic carbocycles. The van der Waals surface area contributed by atoms with E-state index in [9.17, 15) is 4.79 Å². The zero-order chi connectivity index (χ0) is 16.7. The molecular formula is C16H19NO6. The molecule has 0 unspecified atom stereocenters. The molecule has 0 atom stereocenters. The highest BCUT2D eigenvalue weighted by atomic mass is 16.7. The number of esters is 1. The summed E-state index contributed by atoms with van der Waals surface area (Å²) >= 11 is 0. The van der Waals surface area contributed by atoms with Crippen molar-refractivity contribution in [1.29, 1.82) is 0 Å². The number of nitrogens with zero attached hydrogens (tertiary/aromatic N) is 1. The lowest BCUT2D eigenvalue weighted by atomic mass is 10.1. The summed E-state index contributed by atoms with van der Waals surface area (Å²) in [4.78, 5) is 16.0. The maximum Gasteiger partial charge on any atom is 0.356 e. The summed E-state index contributed by atoms with van der Waals surface area (Å²) in [5, 5.41) is 0.744. The van der Waals surface area contributed by atoms with Crippen LogP contribution in [-0.4, -0.2) is 52.3 Å². The molecule has 0 aliphatic carbocycles. The Morgan fingerprint density at radius 2 is 1.96 bits per heavy atom. The van der Waals surface area contributed by atoms with Gasteiger partial charge in [-0.15, -0.1) is 0 Å². The Balaban J connectivity index is 2.30. The third-order valence-corrected chi connectivity index (χ3v) is 3.10. The molecule has 0 aliphatic rings. The number of hydrogen-bond acceptors (Lipinski definition) is 7. The smallest absolute Gasteiger partial charge is 0.356 e. The Morgan fingerprint density at radius 1 is 1.13 bits per heavy atom. The standard InChI is InChI=1S/C16H19NO6/c1-19-6-7-22-10-23-15-9-14(16(18)21-3)17-13-8-11(20-2)4-5-12(13)15/h4-5,8-9H,6-7,10H2,1-3H3. The molecule has 0 spiro atoms. The molecular weight excluding hydrogens is 302 g/mol. The van der Waals surface area contributed by atoms with Crippen LogP contribution in [0, 0.1) is 0 Å². The number of pyridine rings is 1. The van der Waals surface area contributed by atoms with Crippen LogP contribution in [0.2, 0.25) is 0 Å². The zero-order valence-corrected chi connectivity index (χ0v) is 13.3. The third kappa shape index (κ3) is 4.30. The van der Waals surface area contributed by atoms with Crippen molar-refractivity contribution < 1.29 is 28.5 Å². The number of carbonyl (C=O) groups excluding carboxylic acids is 1. The Labute approximate surface area is 134 Å². The molecule has 0 aliphatic heterocycles. The number of ether oxygens (including phenoxy) is 5. The van der Waals surface area contributed by atoms with Gasteiger partial charge in [0.25, 0.3) is 0 Å². The fourth-order valence-electron chi connectivity index (χ4n) is 1.94. The van der Waals surface area contributed by atoms with E-state index in [4.69, 9.17) is 23.7 Å². The second-order valence-corrected chi connectivity index (χ2v) is 4.54. The fraction of sp³-hybridized carbons (Fsp3) is 0.375. The van der Waals surface area contributed by atoms with Crippen LogP contribution in [0.5, 0.6) is 11.5 Å². The second-order valence-electron chi connectivity index (χ2n) is 4.54. The van der Waals surface area contributed by atoms with Gasteiger partial charge in [0.05, 0.1) is 33.0 Å². The summed E-state index contributed by atoms with van der Waals surface area (Å²) in [5.41, 5.74) is 0.722. The fourth-order valence-corrected chi connectivity index (χ4v) is 1.94. The van der Waals surface area contributed by atoms with E-state index in [-0.39, 0.29) is 12.5 Å². The van der Waals surface area contributed by atoms with Crippen LogP contribution in [0.1, 0.15) is 10.5 Å². The highest BCUT2D eigenvalue weighted by Crippen LogP contribution is 2.28. The van der Waals surface area contributed by atoms with E-state index in [1.54, 1.807) is 26.4 Å². The summed E-state index contributed by atoms with van der Waals surface area (Å²) < 4.78 is 25.7. The zero-order valence-electron chi connectivity index (χ0n) is 13.3. The predicted octanol–water partition coefficient (Wildman–Crippen LogP) is 2.03. The Bertz CT molecular complexity index is 673. The number of rotatable bonds is 8. The lowest BCUT2D eigenvalue weighted by Gasteiger charge is -2.12. The molecule has 0 N–H and O–H groups in total. The predicted molar refractivity (Wildman–Crippen MR) is 83.0 cm³/mol. The van der Waals surface area contributed by atoms with Crippen LogP contribution in [0.25, 0.3) is 10.9 Å². The number of fused-ring (bicyclic) bond motifs is 1. The van der Waals surface area contributed by atoms with Crippen molar-refractivity contribution in [3.05, 3.63) is 30.0 Å². The van der Waals surface area contributed by atoms with Gasteiger partial charge in [0.2, 0.25) is 0 Å². The first-order valence-electron chi connectivity index (χ1n) is 6.96. The van der Waals surface area contributed by atoms with Crippen molar-refractivity contribution in [2.24, 2.45) is 0 Å². The molecule has 0 fully saturated rings. The normalized spacial score (nSPS) is 10.6. The highest BCUT2D eigenvalue weighted by molar-refractivity contribution is 5.94. The maximum absolute atomic E-state index is 11.8. The third-order valence-electron chi connectivity index (χ3n) is 3.10. The first kappa shape index (κ1) is 17.0. The van der Waals surface area contributed by atoms with Crippen molar-refractivity contribution in [2.75, 3.05) is 41.3 Å². The first-order chi connectivity index (χ1) is 11.2. The molecule has 0 saturated carbocycles. The Morgan fingerprint density at radius 3 is 2.65 bits per heavy atom. The van der Waals surface area contributed by atoms with Crippen molar-refractivity contribution >= 4 is 16.9 Å². The summed E-state index contributed by atoms with van der Waals surface area (Å²) in [7, 11) is 4.46. The Kier molecular flexibility index (Phi) is 6.13. The van der Waals surface area contributed by atoms with Gasteiger partial charge < -0.3 is 23.7 Å². The molecule has 0 amide bonds. The molecule has 0 saturated heterocycles. The molecule has 1 heterocycles. The minimum Gasteiger partial charge on any atom is -0.497 e. The number of aromatic nitrogens is 1. The molecule has 124 valence electrons. The van der Waals surface area contributed by atoms with E-state index in [1.807, 2.05) is 6.07 Å². The lowest BCUT2D eigenvalue weighted by molar-refractivity contribution is -0.00788. The van der Waals surface area contributed by atoms with Gasteiger partial charge in [-0.25, -0.2) is 9.78 Å². The maximum atomic E-state index is 11.8. The van der Waals surface area contributed by atoms with Crippen LogP contribution >= 0.6 is 0 Å². The number of methoxy groups -OCH3 is 3. The molecule has 2 aromatic rings. The molecule has 0 radical (unpaired) electrons. The van der Waals surface area contributed by atoms with Gasteiger partial charge in [0, 0.05) is 24.6 Å². The summed E-state index contributed by atoms with van der Waals surface area (Å²) in [6, 6.07) is 6.86. The number of hydrogen-bond donors (Lipinski definition) is 0. The molecule has 7 heteroatoms. The van der Waals surface area contributed by atoms with Crippen LogP contribution in [0.15, 0.2) is 24.3 Å². The van der Waals surface area contributed by atoms with E-state index in [1.165, 1.54) is 13.2 Å². The minimum atomic E-state index is -0.542. The SMILES string of the molecule is COCCOCOc1cc(C(=O)OC)nc2cc(OC)ccc12. The number of carbonyl (C=O) groups is 1. The topological polar surface area (TPSA) is 76.1 Å². The second kappa shape index (κ2) is 8.30. The van der Waals surface area contributed by atoms with Crippen molar-refractivity contribution in [2.45, 2.75) is 0 Å². The van der Waals surface area contributed by atoms with Crippen LogP contribution in [0.4, 0.5) is 0 Å². The van der Waals surface area contributed by atoms with Crippen molar-refractivity contribution in [1.82, 2.24) is 4.98 Å². The lowest BCUT2D eigenvalue weighted by Crippen LogP contribution is -2.10. The van der Waals surface area contributed by atoms with Crippen LogP contribution < -0.4 is 9.47 Å². The molecule has 1 aromatic heterocycles. The molecule has 2 rings (SSSR count). The van der Waals surface area contributed by atoms with Gasteiger partial charge in [-0.3, -0.25) is 0 Å². The van der Waals surface area contributed by atoms with Gasteiger partial charge >= 0.3 is 5.97 Å². The first-order valence-corrected chi connectivity index (χ1v) is 6.96. The van der Waals surface area contributed by atoms with E-state index < -0.39 is 5.97 Å². The van der Waals surface area contributed by atoms with Crippen molar-refractivity contribution in [3.63, 3.8) is 0 Å².